The first-order valence-corrected chi connectivity index (χ1v) is 12.6. The smallest absolute Gasteiger partial charge is 0.340 e. The molecule has 4 aromatic carbocycles. The van der Waals surface area contributed by atoms with E-state index < -0.39 is 27.7 Å². The van der Waals surface area contributed by atoms with E-state index in [1.54, 1.807) is 25.1 Å². The van der Waals surface area contributed by atoms with Gasteiger partial charge in [-0.1, -0.05) is 91.0 Å². The van der Waals surface area contributed by atoms with E-state index in [1.165, 1.54) is 0 Å². The number of benzene rings is 4. The van der Waals surface area contributed by atoms with Crippen LogP contribution >= 0.6 is 25.3 Å². The Morgan fingerprint density at radius 1 is 0.667 bits per heavy atom. The maximum absolute atomic E-state index is 13.8. The van der Waals surface area contributed by atoms with E-state index in [9.17, 15) is 9.59 Å². The highest BCUT2D eigenvalue weighted by Crippen LogP contribution is 2.37. The van der Waals surface area contributed by atoms with Gasteiger partial charge in [0.2, 0.25) is 0 Å². The molecule has 0 saturated heterocycles. The predicted octanol–water partition coefficient (Wildman–Crippen LogP) is 7.19. The minimum Gasteiger partial charge on any atom is -0.451 e. The van der Waals surface area contributed by atoms with Gasteiger partial charge in [0.15, 0.2) is 5.60 Å². The topological polar surface area (TPSA) is 52.6 Å². The first-order valence-electron chi connectivity index (χ1n) is 11.6. The van der Waals surface area contributed by atoms with Crippen molar-refractivity contribution in [3.63, 3.8) is 0 Å². The van der Waals surface area contributed by atoms with Crippen LogP contribution in [0.15, 0.2) is 97.1 Å². The van der Waals surface area contributed by atoms with Crippen molar-refractivity contribution in [1.29, 1.82) is 0 Å². The summed E-state index contributed by atoms with van der Waals surface area (Å²) in [7, 11) is 0. The Bertz CT molecular complexity index is 1380. The van der Waals surface area contributed by atoms with Gasteiger partial charge in [0, 0.05) is 0 Å². The standard InChI is InChI=1S/C30H28O4S2/c1-29(2,21-13-6-4-7-14-21)33-26(31)24-19-18-20-12-10-11-17-23(20)25(24)27(32)34-30(3,28(35)36)22-15-8-5-9-16-22/h4-19,28,35-36H,1-3H3. The maximum Gasteiger partial charge on any atom is 0.340 e. The van der Waals surface area contributed by atoms with Gasteiger partial charge < -0.3 is 9.47 Å². The number of carbonyl (C=O) groups is 2. The fraction of sp³-hybridized carbons (Fsp3) is 0.200. The van der Waals surface area contributed by atoms with Crippen LogP contribution in [0.4, 0.5) is 0 Å². The van der Waals surface area contributed by atoms with Crippen LogP contribution < -0.4 is 0 Å². The minimum absolute atomic E-state index is 0.132. The highest BCUT2D eigenvalue weighted by molar-refractivity contribution is 7.99. The van der Waals surface area contributed by atoms with Crippen molar-refractivity contribution >= 4 is 48.0 Å². The molecular formula is C30H28O4S2. The van der Waals surface area contributed by atoms with Gasteiger partial charge in [0.1, 0.15) is 5.60 Å². The number of carbonyl (C=O) groups excluding carboxylic acids is 2. The van der Waals surface area contributed by atoms with E-state index in [0.717, 1.165) is 16.5 Å². The second kappa shape index (κ2) is 10.4. The summed E-state index contributed by atoms with van der Waals surface area (Å²) >= 11 is 9.02. The summed E-state index contributed by atoms with van der Waals surface area (Å²) in [5, 5.41) is 1.40. The lowest BCUT2D eigenvalue weighted by Gasteiger charge is -2.33. The monoisotopic (exact) mass is 516 g/mol. The lowest BCUT2D eigenvalue weighted by Crippen LogP contribution is -2.36. The van der Waals surface area contributed by atoms with Crippen LogP contribution in [0.25, 0.3) is 10.8 Å². The van der Waals surface area contributed by atoms with Crippen molar-refractivity contribution in [2.45, 2.75) is 36.6 Å². The Kier molecular flexibility index (Phi) is 7.48. The van der Waals surface area contributed by atoms with E-state index in [2.05, 4.69) is 25.3 Å². The van der Waals surface area contributed by atoms with E-state index in [1.807, 2.05) is 92.7 Å². The fourth-order valence-electron chi connectivity index (χ4n) is 4.12. The molecule has 0 aromatic heterocycles. The fourth-order valence-corrected chi connectivity index (χ4v) is 4.52. The lowest BCUT2D eigenvalue weighted by atomic mass is 9.95. The molecular weight excluding hydrogens is 488 g/mol. The molecule has 6 heteroatoms. The Morgan fingerprint density at radius 3 is 1.83 bits per heavy atom. The Hall–Kier alpha value is -3.22. The molecule has 0 N–H and O–H groups in total. The molecule has 0 amide bonds. The summed E-state index contributed by atoms with van der Waals surface area (Å²) < 4.78 is 11.4. The average molecular weight is 517 g/mol. The molecule has 0 heterocycles. The lowest BCUT2D eigenvalue weighted by molar-refractivity contribution is -0.00817. The zero-order valence-electron chi connectivity index (χ0n) is 20.3. The summed E-state index contributed by atoms with van der Waals surface area (Å²) in [4.78, 5) is 27.3. The second-order valence-corrected chi connectivity index (χ2v) is 10.7. The van der Waals surface area contributed by atoms with Gasteiger partial charge in [-0.3, -0.25) is 0 Å². The molecule has 4 rings (SSSR count). The van der Waals surface area contributed by atoms with Gasteiger partial charge in [0.25, 0.3) is 0 Å². The molecule has 0 aliphatic heterocycles. The van der Waals surface area contributed by atoms with Gasteiger partial charge in [-0.15, -0.1) is 0 Å². The van der Waals surface area contributed by atoms with Crippen molar-refractivity contribution in [2.75, 3.05) is 0 Å². The van der Waals surface area contributed by atoms with Crippen molar-refractivity contribution in [1.82, 2.24) is 0 Å². The normalized spacial score (nSPS) is 13.3. The SMILES string of the molecule is CC(C)(OC(=O)c1ccc2ccccc2c1C(=O)OC(C)(c1ccccc1)C(S)S)c1ccccc1. The van der Waals surface area contributed by atoms with E-state index in [0.29, 0.717) is 5.39 Å². The molecule has 184 valence electrons. The van der Waals surface area contributed by atoms with Gasteiger partial charge in [-0.2, -0.15) is 25.3 Å². The molecule has 0 bridgehead atoms. The van der Waals surface area contributed by atoms with Crippen molar-refractivity contribution in [2.24, 2.45) is 0 Å². The summed E-state index contributed by atoms with van der Waals surface area (Å²) in [5.41, 5.74) is -0.216. The van der Waals surface area contributed by atoms with Crippen molar-refractivity contribution in [3.8, 4) is 0 Å². The maximum atomic E-state index is 13.8. The molecule has 4 nitrogen and oxygen atoms in total. The number of rotatable bonds is 7. The van der Waals surface area contributed by atoms with E-state index in [-0.39, 0.29) is 11.1 Å². The molecule has 0 radical (unpaired) electrons. The summed E-state index contributed by atoms with van der Waals surface area (Å²) in [5.74, 6) is -1.27. The third-order valence-electron chi connectivity index (χ3n) is 6.31. The van der Waals surface area contributed by atoms with Crippen LogP contribution in [0.3, 0.4) is 0 Å². The van der Waals surface area contributed by atoms with Crippen molar-refractivity contribution < 1.29 is 19.1 Å². The van der Waals surface area contributed by atoms with Gasteiger partial charge in [-0.25, -0.2) is 9.59 Å². The van der Waals surface area contributed by atoms with E-state index >= 15 is 0 Å². The van der Waals surface area contributed by atoms with Gasteiger partial charge >= 0.3 is 11.9 Å². The molecule has 36 heavy (non-hydrogen) atoms. The second-order valence-electron chi connectivity index (χ2n) is 9.21. The Morgan fingerprint density at radius 2 is 1.22 bits per heavy atom. The zero-order valence-corrected chi connectivity index (χ0v) is 22.1. The number of thiol groups is 2. The molecule has 1 unspecified atom stereocenters. The summed E-state index contributed by atoms with van der Waals surface area (Å²) in [6, 6.07) is 29.6. The minimum atomic E-state index is -1.16. The van der Waals surface area contributed by atoms with Crippen LogP contribution in [0, 0.1) is 0 Å². The Balaban J connectivity index is 1.77. The number of esters is 2. The molecule has 1 atom stereocenters. The largest absolute Gasteiger partial charge is 0.451 e. The van der Waals surface area contributed by atoms with Crippen LogP contribution in [0.2, 0.25) is 0 Å². The van der Waals surface area contributed by atoms with Crippen LogP contribution in [0.1, 0.15) is 52.6 Å². The summed E-state index contributed by atoms with van der Waals surface area (Å²) in [6.07, 6.45) is 0. The van der Waals surface area contributed by atoms with E-state index in [4.69, 9.17) is 9.47 Å². The third kappa shape index (κ3) is 5.15. The summed E-state index contributed by atoms with van der Waals surface area (Å²) in [6.45, 7) is 5.39. The molecule has 0 fully saturated rings. The molecule has 0 saturated carbocycles. The first kappa shape index (κ1) is 25.9. The van der Waals surface area contributed by atoms with Crippen LogP contribution in [-0.4, -0.2) is 16.5 Å². The number of fused-ring (bicyclic) bond motifs is 1. The van der Waals surface area contributed by atoms with Gasteiger partial charge in [0.05, 0.1) is 15.7 Å². The average Bonchev–Trinajstić information content (AvgIpc) is 2.88. The van der Waals surface area contributed by atoms with Gasteiger partial charge in [-0.05, 0) is 48.7 Å². The molecule has 4 aromatic rings. The van der Waals surface area contributed by atoms with Crippen LogP contribution in [-0.2, 0) is 20.7 Å². The zero-order chi connectivity index (χ0) is 25.9. The predicted molar refractivity (Wildman–Crippen MR) is 150 cm³/mol. The highest BCUT2D eigenvalue weighted by Gasteiger charge is 2.38. The highest BCUT2D eigenvalue weighted by atomic mass is 32.2. The molecule has 0 aliphatic rings. The Labute approximate surface area is 222 Å². The molecule has 0 spiro atoms. The number of ether oxygens (including phenoxy) is 2. The van der Waals surface area contributed by atoms with Crippen LogP contribution in [0.5, 0.6) is 0 Å². The molecule has 0 aliphatic carbocycles. The quantitative estimate of drug-likeness (QED) is 0.155. The van der Waals surface area contributed by atoms with Crippen molar-refractivity contribution in [3.05, 3.63) is 119 Å². The first-order chi connectivity index (χ1) is 17.1. The number of hydrogen-bond donors (Lipinski definition) is 2. The number of hydrogen-bond acceptors (Lipinski definition) is 6. The third-order valence-corrected chi connectivity index (χ3v) is 7.30.